The van der Waals surface area contributed by atoms with Crippen molar-refractivity contribution in [1.82, 2.24) is 15.1 Å². The molecule has 1 unspecified atom stereocenters. The van der Waals surface area contributed by atoms with Gasteiger partial charge in [0.15, 0.2) is 0 Å². The summed E-state index contributed by atoms with van der Waals surface area (Å²) in [6.45, 7) is 3.60. The standard InChI is InChI=1S/C31H33N3O6/c1-2-3-6-17-39-24-10-8-21(9-11-24)30(37)33-16-5-4-7-23(33)20-40-25-12-13-26-22(18-25)19-34(31(26)38)27-14-15-28(35)32-29(27)36/h8-13,18,23,27H,4-7,14-17,19-20H2,1H3,(H,32,35,36)/t23-,27?/m1/s1. The van der Waals surface area contributed by atoms with E-state index in [4.69, 9.17) is 9.47 Å². The molecule has 0 aliphatic carbocycles. The Hall–Kier alpha value is -4.32. The zero-order chi connectivity index (χ0) is 28.1. The van der Waals surface area contributed by atoms with Gasteiger partial charge in [-0.05, 0) is 80.6 Å². The first kappa shape index (κ1) is 27.3. The minimum Gasteiger partial charge on any atom is -0.493 e. The van der Waals surface area contributed by atoms with Crippen LogP contribution in [0.4, 0.5) is 0 Å². The molecule has 0 radical (unpaired) electrons. The normalized spacial score (nSPS) is 20.4. The highest BCUT2D eigenvalue weighted by Crippen LogP contribution is 2.31. The summed E-state index contributed by atoms with van der Waals surface area (Å²) < 4.78 is 11.8. The Morgan fingerprint density at radius 3 is 2.60 bits per heavy atom. The molecule has 3 aliphatic rings. The monoisotopic (exact) mass is 543 g/mol. The van der Waals surface area contributed by atoms with Gasteiger partial charge in [0.2, 0.25) is 11.8 Å². The second-order valence-electron chi connectivity index (χ2n) is 10.2. The number of nitrogens with one attached hydrogen (secondary N) is 1. The highest BCUT2D eigenvalue weighted by atomic mass is 16.5. The lowest BCUT2D eigenvalue weighted by molar-refractivity contribution is -0.136. The fraction of sp³-hybridized carbons (Fsp3) is 0.419. The summed E-state index contributed by atoms with van der Waals surface area (Å²) >= 11 is 0. The van der Waals surface area contributed by atoms with E-state index in [0.29, 0.717) is 55.2 Å². The van der Waals surface area contributed by atoms with E-state index in [1.165, 1.54) is 4.90 Å². The fourth-order valence-corrected chi connectivity index (χ4v) is 5.48. The molecule has 3 heterocycles. The number of rotatable bonds is 8. The van der Waals surface area contributed by atoms with Gasteiger partial charge in [0.05, 0.1) is 12.6 Å². The molecule has 2 aromatic rings. The smallest absolute Gasteiger partial charge is 0.255 e. The van der Waals surface area contributed by atoms with Gasteiger partial charge in [0.25, 0.3) is 11.8 Å². The van der Waals surface area contributed by atoms with Crippen LogP contribution in [-0.4, -0.2) is 65.3 Å². The van der Waals surface area contributed by atoms with Crippen LogP contribution in [-0.2, 0) is 16.1 Å². The quantitative estimate of drug-likeness (QED) is 0.311. The van der Waals surface area contributed by atoms with Gasteiger partial charge in [-0.2, -0.15) is 0 Å². The minimum atomic E-state index is -0.653. The van der Waals surface area contributed by atoms with E-state index in [9.17, 15) is 19.2 Å². The van der Waals surface area contributed by atoms with Crippen molar-refractivity contribution in [2.45, 2.75) is 64.1 Å². The molecule has 0 aromatic heterocycles. The van der Waals surface area contributed by atoms with Gasteiger partial charge in [0.1, 0.15) is 24.1 Å². The largest absolute Gasteiger partial charge is 0.493 e. The molecular formula is C31H33N3O6. The SMILES string of the molecule is CC#CCCOc1ccc(C(=O)N2CCCC[C@@H]2COc2ccc3c(c2)CN(C2CCC(=O)NC2=O)C3=O)cc1. The number of hydrogen-bond acceptors (Lipinski definition) is 6. The van der Waals surface area contributed by atoms with Crippen LogP contribution < -0.4 is 14.8 Å². The van der Waals surface area contributed by atoms with Crippen LogP contribution in [0, 0.1) is 11.8 Å². The number of likely N-dealkylation sites (tertiary alicyclic amines) is 1. The zero-order valence-electron chi connectivity index (χ0n) is 22.6. The molecule has 2 fully saturated rings. The Bertz CT molecular complexity index is 1360. The number of piperidine rings is 2. The molecule has 0 spiro atoms. The Labute approximate surface area is 233 Å². The molecule has 4 amide bonds. The molecule has 2 aromatic carbocycles. The van der Waals surface area contributed by atoms with Crippen LogP contribution in [0.2, 0.25) is 0 Å². The van der Waals surface area contributed by atoms with Crippen molar-refractivity contribution in [1.29, 1.82) is 0 Å². The third-order valence-electron chi connectivity index (χ3n) is 7.60. The number of nitrogens with zero attached hydrogens (tertiary/aromatic N) is 2. The van der Waals surface area contributed by atoms with E-state index in [0.717, 1.165) is 24.8 Å². The Balaban J connectivity index is 1.20. The van der Waals surface area contributed by atoms with Crippen molar-refractivity contribution in [3.63, 3.8) is 0 Å². The van der Waals surface area contributed by atoms with Crippen molar-refractivity contribution >= 4 is 23.6 Å². The molecule has 208 valence electrons. The minimum absolute atomic E-state index is 0.0314. The summed E-state index contributed by atoms with van der Waals surface area (Å²) in [5, 5.41) is 2.32. The molecule has 5 rings (SSSR count). The number of ether oxygens (including phenoxy) is 2. The van der Waals surface area contributed by atoms with Gasteiger partial charge >= 0.3 is 0 Å². The zero-order valence-corrected chi connectivity index (χ0v) is 22.6. The molecule has 40 heavy (non-hydrogen) atoms. The van der Waals surface area contributed by atoms with Gasteiger partial charge in [-0.15, -0.1) is 11.8 Å². The molecule has 2 atom stereocenters. The van der Waals surface area contributed by atoms with Gasteiger partial charge < -0.3 is 19.3 Å². The van der Waals surface area contributed by atoms with Gasteiger partial charge in [-0.25, -0.2) is 0 Å². The summed E-state index contributed by atoms with van der Waals surface area (Å²) in [7, 11) is 0. The molecule has 9 nitrogen and oxygen atoms in total. The van der Waals surface area contributed by atoms with Gasteiger partial charge in [0, 0.05) is 37.1 Å². The number of fused-ring (bicyclic) bond motifs is 1. The molecule has 0 bridgehead atoms. The van der Waals surface area contributed by atoms with E-state index in [1.54, 1.807) is 31.2 Å². The van der Waals surface area contributed by atoms with Gasteiger partial charge in [-0.3, -0.25) is 24.5 Å². The van der Waals surface area contributed by atoms with Crippen LogP contribution in [0.5, 0.6) is 11.5 Å². The van der Waals surface area contributed by atoms with Crippen LogP contribution >= 0.6 is 0 Å². The van der Waals surface area contributed by atoms with Crippen molar-refractivity contribution in [2.24, 2.45) is 0 Å². The van der Waals surface area contributed by atoms with E-state index < -0.39 is 11.9 Å². The predicted molar refractivity (Wildman–Crippen MR) is 147 cm³/mol. The average molecular weight is 544 g/mol. The third-order valence-corrected chi connectivity index (χ3v) is 7.60. The lowest BCUT2D eigenvalue weighted by Gasteiger charge is -2.35. The van der Waals surface area contributed by atoms with E-state index in [2.05, 4.69) is 17.2 Å². The number of carbonyl (C=O) groups excluding carboxylic acids is 4. The summed E-state index contributed by atoms with van der Waals surface area (Å²) in [5.74, 6) is 6.14. The third kappa shape index (κ3) is 5.96. The van der Waals surface area contributed by atoms with E-state index in [1.807, 2.05) is 23.1 Å². The number of benzene rings is 2. The van der Waals surface area contributed by atoms with Crippen LogP contribution in [0.15, 0.2) is 42.5 Å². The summed E-state index contributed by atoms with van der Waals surface area (Å²) in [6, 6.07) is 11.8. The summed E-state index contributed by atoms with van der Waals surface area (Å²) in [6.07, 6.45) is 4.00. The highest BCUT2D eigenvalue weighted by molar-refractivity contribution is 6.05. The first-order valence-electron chi connectivity index (χ1n) is 13.8. The maximum Gasteiger partial charge on any atom is 0.255 e. The van der Waals surface area contributed by atoms with Crippen LogP contribution in [0.25, 0.3) is 0 Å². The topological polar surface area (TPSA) is 105 Å². The van der Waals surface area contributed by atoms with Crippen molar-refractivity contribution in [2.75, 3.05) is 19.8 Å². The van der Waals surface area contributed by atoms with Crippen LogP contribution in [0.3, 0.4) is 0 Å². The van der Waals surface area contributed by atoms with Crippen molar-refractivity contribution in [3.8, 4) is 23.3 Å². The van der Waals surface area contributed by atoms with Crippen molar-refractivity contribution in [3.05, 3.63) is 59.2 Å². The molecule has 9 heteroatoms. The number of amides is 4. The highest BCUT2D eigenvalue weighted by Gasteiger charge is 2.39. The second kappa shape index (κ2) is 12.2. The van der Waals surface area contributed by atoms with Crippen LogP contribution in [0.1, 0.15) is 71.7 Å². The predicted octanol–water partition coefficient (Wildman–Crippen LogP) is 3.31. The Morgan fingerprint density at radius 2 is 1.82 bits per heavy atom. The number of imide groups is 1. The summed E-state index contributed by atoms with van der Waals surface area (Å²) in [4.78, 5) is 53.5. The molecular weight excluding hydrogens is 510 g/mol. The van der Waals surface area contributed by atoms with Gasteiger partial charge in [-0.1, -0.05) is 0 Å². The number of hydrogen-bond donors (Lipinski definition) is 1. The molecule has 1 N–H and O–H groups in total. The lowest BCUT2D eigenvalue weighted by atomic mass is 10.0. The molecule has 2 saturated heterocycles. The summed E-state index contributed by atoms with van der Waals surface area (Å²) in [5.41, 5.74) is 1.93. The first-order valence-corrected chi connectivity index (χ1v) is 13.8. The van der Waals surface area contributed by atoms with Crippen molar-refractivity contribution < 1.29 is 28.7 Å². The number of carbonyl (C=O) groups is 4. The average Bonchev–Trinajstić information content (AvgIpc) is 3.29. The molecule has 3 aliphatic heterocycles. The maximum atomic E-state index is 13.4. The van der Waals surface area contributed by atoms with E-state index >= 15 is 0 Å². The fourth-order valence-electron chi connectivity index (χ4n) is 5.48. The van der Waals surface area contributed by atoms with E-state index in [-0.39, 0.29) is 36.7 Å². The Kier molecular flexibility index (Phi) is 8.34. The second-order valence-corrected chi connectivity index (χ2v) is 10.2. The Morgan fingerprint density at radius 1 is 1.02 bits per heavy atom. The lowest BCUT2D eigenvalue weighted by Crippen LogP contribution is -2.52. The first-order chi connectivity index (χ1) is 19.4. The molecule has 0 saturated carbocycles. The maximum absolute atomic E-state index is 13.4.